The molecule has 0 spiro atoms. The second-order valence-electron chi connectivity index (χ2n) is 5.53. The first kappa shape index (κ1) is 16.4. The molecule has 126 valence electrons. The van der Waals surface area contributed by atoms with Crippen LogP contribution in [0.25, 0.3) is 10.8 Å². The lowest BCUT2D eigenvalue weighted by molar-refractivity contribution is -0.384. The number of fused-ring (bicyclic) bond motifs is 1. The number of carbonyl (C=O) groups excluding carboxylic acids is 1. The SMILES string of the molecule is O=C(CCNc1ccccc1[N+](=O)[O-])Nc1cccc2ccccc12. The van der Waals surface area contributed by atoms with E-state index in [0.717, 1.165) is 16.5 Å². The average molecular weight is 335 g/mol. The van der Waals surface area contributed by atoms with Crippen LogP contribution in [0.5, 0.6) is 0 Å². The number of rotatable bonds is 6. The van der Waals surface area contributed by atoms with Crippen LogP contribution in [0.2, 0.25) is 0 Å². The first-order chi connectivity index (χ1) is 12.1. The van der Waals surface area contributed by atoms with Crippen molar-refractivity contribution in [3.63, 3.8) is 0 Å². The summed E-state index contributed by atoms with van der Waals surface area (Å²) in [7, 11) is 0. The molecule has 6 heteroatoms. The molecule has 0 unspecified atom stereocenters. The predicted molar refractivity (Wildman–Crippen MR) is 98.8 cm³/mol. The van der Waals surface area contributed by atoms with Gasteiger partial charge in [0.25, 0.3) is 5.69 Å². The molecule has 0 fully saturated rings. The number of anilines is 2. The molecule has 2 N–H and O–H groups in total. The topological polar surface area (TPSA) is 84.3 Å². The van der Waals surface area contributed by atoms with Crippen LogP contribution < -0.4 is 10.6 Å². The van der Waals surface area contributed by atoms with Gasteiger partial charge >= 0.3 is 0 Å². The molecule has 0 saturated carbocycles. The number of nitro groups is 1. The summed E-state index contributed by atoms with van der Waals surface area (Å²) >= 11 is 0. The molecule has 0 heterocycles. The van der Waals surface area contributed by atoms with E-state index in [4.69, 9.17) is 0 Å². The van der Waals surface area contributed by atoms with Gasteiger partial charge in [-0.15, -0.1) is 0 Å². The van der Waals surface area contributed by atoms with Gasteiger partial charge in [0.15, 0.2) is 0 Å². The summed E-state index contributed by atoms with van der Waals surface area (Å²) in [5.41, 5.74) is 1.16. The lowest BCUT2D eigenvalue weighted by Crippen LogP contribution is -2.16. The molecule has 25 heavy (non-hydrogen) atoms. The molecule has 3 aromatic carbocycles. The van der Waals surface area contributed by atoms with Crippen molar-refractivity contribution < 1.29 is 9.72 Å². The standard InChI is InChI=1S/C19H17N3O3/c23-19(12-13-20-17-9-3-4-11-18(17)22(24)25)21-16-10-5-7-14-6-1-2-8-15(14)16/h1-11,20H,12-13H2,(H,21,23). The number of nitrogens with one attached hydrogen (secondary N) is 2. The largest absolute Gasteiger partial charge is 0.379 e. The van der Waals surface area contributed by atoms with Gasteiger partial charge in [0.1, 0.15) is 5.69 Å². The summed E-state index contributed by atoms with van der Waals surface area (Å²) in [6, 6.07) is 19.9. The van der Waals surface area contributed by atoms with E-state index >= 15 is 0 Å². The second kappa shape index (κ2) is 7.44. The van der Waals surface area contributed by atoms with Gasteiger partial charge in [-0.05, 0) is 17.5 Å². The number of hydrogen-bond acceptors (Lipinski definition) is 4. The molecule has 0 bridgehead atoms. The van der Waals surface area contributed by atoms with Crippen molar-refractivity contribution in [2.45, 2.75) is 6.42 Å². The van der Waals surface area contributed by atoms with E-state index in [9.17, 15) is 14.9 Å². The van der Waals surface area contributed by atoms with Crippen molar-refractivity contribution >= 4 is 33.7 Å². The fourth-order valence-corrected chi connectivity index (χ4v) is 2.64. The van der Waals surface area contributed by atoms with Crippen LogP contribution in [-0.4, -0.2) is 17.4 Å². The summed E-state index contributed by atoms with van der Waals surface area (Å²) in [6.07, 6.45) is 0.204. The van der Waals surface area contributed by atoms with Gasteiger partial charge in [-0.2, -0.15) is 0 Å². The van der Waals surface area contributed by atoms with E-state index in [1.807, 2.05) is 42.5 Å². The van der Waals surface area contributed by atoms with Crippen LogP contribution in [0, 0.1) is 10.1 Å². The van der Waals surface area contributed by atoms with Crippen molar-refractivity contribution in [2.24, 2.45) is 0 Å². The Labute approximate surface area is 144 Å². The first-order valence-corrected chi connectivity index (χ1v) is 7.90. The third kappa shape index (κ3) is 3.92. The van der Waals surface area contributed by atoms with E-state index in [0.29, 0.717) is 12.2 Å². The first-order valence-electron chi connectivity index (χ1n) is 7.90. The lowest BCUT2D eigenvalue weighted by atomic mass is 10.1. The zero-order valence-corrected chi connectivity index (χ0v) is 13.4. The number of amides is 1. The molecule has 0 radical (unpaired) electrons. The van der Waals surface area contributed by atoms with Crippen molar-refractivity contribution in [3.8, 4) is 0 Å². The van der Waals surface area contributed by atoms with Crippen molar-refractivity contribution in [2.75, 3.05) is 17.2 Å². The third-order valence-corrected chi connectivity index (χ3v) is 3.83. The minimum absolute atomic E-state index is 0.00281. The Bertz CT molecular complexity index is 919. The molecule has 0 atom stereocenters. The number of nitro benzene ring substituents is 1. The van der Waals surface area contributed by atoms with E-state index in [2.05, 4.69) is 10.6 Å². The molecule has 0 aromatic heterocycles. The number of hydrogen-bond donors (Lipinski definition) is 2. The van der Waals surface area contributed by atoms with Crippen LogP contribution in [-0.2, 0) is 4.79 Å². The maximum Gasteiger partial charge on any atom is 0.292 e. The highest BCUT2D eigenvalue weighted by Crippen LogP contribution is 2.24. The Kier molecular flexibility index (Phi) is 4.89. The number of para-hydroxylation sites is 2. The van der Waals surface area contributed by atoms with E-state index in [-0.39, 0.29) is 18.0 Å². The molecular formula is C19H17N3O3. The lowest BCUT2D eigenvalue weighted by Gasteiger charge is -2.10. The molecule has 0 saturated heterocycles. The quantitative estimate of drug-likeness (QED) is 0.522. The maximum absolute atomic E-state index is 12.2. The predicted octanol–water partition coefficient (Wildman–Crippen LogP) is 4.19. The van der Waals surface area contributed by atoms with Crippen LogP contribution >= 0.6 is 0 Å². The highest BCUT2D eigenvalue weighted by Gasteiger charge is 2.12. The Morgan fingerprint density at radius 3 is 2.44 bits per heavy atom. The maximum atomic E-state index is 12.2. The van der Waals surface area contributed by atoms with Gasteiger partial charge in [-0.25, -0.2) is 0 Å². The number of benzene rings is 3. The van der Waals surface area contributed by atoms with E-state index < -0.39 is 4.92 Å². The summed E-state index contributed by atoms with van der Waals surface area (Å²) < 4.78 is 0. The van der Waals surface area contributed by atoms with Crippen LogP contribution in [0.4, 0.5) is 17.1 Å². The van der Waals surface area contributed by atoms with Crippen molar-refractivity contribution in [3.05, 3.63) is 76.8 Å². The van der Waals surface area contributed by atoms with Crippen LogP contribution in [0.15, 0.2) is 66.7 Å². The zero-order chi connectivity index (χ0) is 17.6. The van der Waals surface area contributed by atoms with Gasteiger partial charge in [0.2, 0.25) is 5.91 Å². The van der Waals surface area contributed by atoms with Gasteiger partial charge in [0.05, 0.1) is 4.92 Å². The van der Waals surface area contributed by atoms with Gasteiger partial charge < -0.3 is 10.6 Å². The molecule has 0 aliphatic rings. The van der Waals surface area contributed by atoms with Crippen molar-refractivity contribution in [1.82, 2.24) is 0 Å². The van der Waals surface area contributed by atoms with E-state index in [1.54, 1.807) is 18.2 Å². The summed E-state index contributed by atoms with van der Waals surface area (Å²) in [5, 5.41) is 18.8. The second-order valence-corrected chi connectivity index (χ2v) is 5.53. The molecule has 3 rings (SSSR count). The fraction of sp³-hybridized carbons (Fsp3) is 0.105. The summed E-state index contributed by atoms with van der Waals surface area (Å²) in [5.74, 6) is -0.151. The molecule has 0 aliphatic heterocycles. The fourth-order valence-electron chi connectivity index (χ4n) is 2.64. The molecule has 3 aromatic rings. The monoisotopic (exact) mass is 335 g/mol. The Morgan fingerprint density at radius 1 is 0.920 bits per heavy atom. The van der Waals surface area contributed by atoms with Gasteiger partial charge in [0, 0.05) is 30.1 Å². The zero-order valence-electron chi connectivity index (χ0n) is 13.4. The Morgan fingerprint density at radius 2 is 1.60 bits per heavy atom. The smallest absolute Gasteiger partial charge is 0.292 e. The van der Waals surface area contributed by atoms with Gasteiger partial charge in [-0.1, -0.05) is 48.5 Å². The highest BCUT2D eigenvalue weighted by atomic mass is 16.6. The molecule has 1 amide bonds. The highest BCUT2D eigenvalue weighted by molar-refractivity contribution is 6.02. The Balaban J connectivity index is 1.61. The normalized spacial score (nSPS) is 10.4. The molecular weight excluding hydrogens is 318 g/mol. The van der Waals surface area contributed by atoms with E-state index in [1.165, 1.54) is 6.07 Å². The minimum Gasteiger partial charge on any atom is -0.379 e. The number of nitrogens with zero attached hydrogens (tertiary/aromatic N) is 1. The molecule has 6 nitrogen and oxygen atoms in total. The molecule has 0 aliphatic carbocycles. The minimum atomic E-state index is -0.446. The Hall–Kier alpha value is -3.41. The third-order valence-electron chi connectivity index (χ3n) is 3.83. The van der Waals surface area contributed by atoms with Crippen LogP contribution in [0.3, 0.4) is 0 Å². The van der Waals surface area contributed by atoms with Crippen molar-refractivity contribution in [1.29, 1.82) is 0 Å². The van der Waals surface area contributed by atoms with Gasteiger partial charge in [-0.3, -0.25) is 14.9 Å². The summed E-state index contributed by atoms with van der Waals surface area (Å²) in [6.45, 7) is 0.307. The number of carbonyl (C=O) groups is 1. The van der Waals surface area contributed by atoms with Crippen LogP contribution in [0.1, 0.15) is 6.42 Å². The summed E-state index contributed by atoms with van der Waals surface area (Å²) in [4.78, 5) is 22.7. The average Bonchev–Trinajstić information content (AvgIpc) is 2.62.